The molecule has 2 rings (SSSR count). The Labute approximate surface area is 96.1 Å². The van der Waals surface area contributed by atoms with E-state index in [1.165, 1.54) is 0 Å². The minimum absolute atomic E-state index is 0.00403. The lowest BCUT2D eigenvalue weighted by atomic mass is 10.1. The van der Waals surface area contributed by atoms with Crippen molar-refractivity contribution in [2.24, 2.45) is 0 Å². The van der Waals surface area contributed by atoms with Crippen LogP contribution in [0.5, 0.6) is 0 Å². The highest BCUT2D eigenvalue weighted by Crippen LogP contribution is 2.28. The lowest BCUT2D eigenvalue weighted by molar-refractivity contribution is -0.139. The van der Waals surface area contributed by atoms with Crippen LogP contribution in [-0.2, 0) is 14.3 Å². The standard InChI is InChI=1S/C11H20N2O3/c1-11(2)13(3)8(7-16-11)6-9-10(14)12-4-5-15-9/h8-9H,4-7H2,1-3H3,(H,12,14)/t8-,9-/m0/s1. The monoisotopic (exact) mass is 228 g/mol. The zero-order chi connectivity index (χ0) is 11.8. The van der Waals surface area contributed by atoms with E-state index in [1.807, 2.05) is 20.9 Å². The molecule has 2 heterocycles. The van der Waals surface area contributed by atoms with Crippen molar-refractivity contribution < 1.29 is 14.3 Å². The number of hydrogen-bond donors (Lipinski definition) is 1. The molecule has 0 radical (unpaired) electrons. The predicted octanol–water partition coefficient (Wildman–Crippen LogP) is -0.0418. The third-order valence-corrected chi connectivity index (χ3v) is 3.52. The number of ether oxygens (including phenoxy) is 2. The van der Waals surface area contributed by atoms with Gasteiger partial charge in [-0.3, -0.25) is 9.69 Å². The molecule has 16 heavy (non-hydrogen) atoms. The van der Waals surface area contributed by atoms with E-state index in [-0.39, 0.29) is 23.8 Å². The molecule has 5 heteroatoms. The van der Waals surface area contributed by atoms with Gasteiger partial charge in [-0.1, -0.05) is 0 Å². The summed E-state index contributed by atoms with van der Waals surface area (Å²) >= 11 is 0. The summed E-state index contributed by atoms with van der Waals surface area (Å²) < 4.78 is 11.2. The van der Waals surface area contributed by atoms with Crippen LogP contribution in [0.2, 0.25) is 0 Å². The van der Waals surface area contributed by atoms with E-state index in [4.69, 9.17) is 9.47 Å². The molecule has 0 aliphatic carbocycles. The number of nitrogens with one attached hydrogen (secondary N) is 1. The van der Waals surface area contributed by atoms with Gasteiger partial charge in [0.2, 0.25) is 5.91 Å². The van der Waals surface area contributed by atoms with Crippen LogP contribution in [0.25, 0.3) is 0 Å². The largest absolute Gasteiger partial charge is 0.367 e. The Morgan fingerprint density at radius 2 is 2.31 bits per heavy atom. The molecule has 5 nitrogen and oxygen atoms in total. The molecule has 92 valence electrons. The first kappa shape index (κ1) is 11.8. The number of likely N-dealkylation sites (N-methyl/N-ethyl adjacent to an activating group) is 1. The second-order valence-corrected chi connectivity index (χ2v) is 4.91. The van der Waals surface area contributed by atoms with Crippen LogP contribution in [0, 0.1) is 0 Å². The van der Waals surface area contributed by atoms with Gasteiger partial charge in [0.25, 0.3) is 0 Å². The zero-order valence-corrected chi connectivity index (χ0v) is 10.2. The highest BCUT2D eigenvalue weighted by Gasteiger charge is 2.40. The van der Waals surface area contributed by atoms with E-state index >= 15 is 0 Å². The first-order valence-corrected chi connectivity index (χ1v) is 5.77. The quantitative estimate of drug-likeness (QED) is 0.720. The van der Waals surface area contributed by atoms with Crippen molar-refractivity contribution in [1.29, 1.82) is 0 Å². The second kappa shape index (κ2) is 4.31. The average Bonchev–Trinajstić information content (AvgIpc) is 2.49. The maximum absolute atomic E-state index is 11.6. The van der Waals surface area contributed by atoms with Crippen molar-refractivity contribution >= 4 is 5.91 Å². The fourth-order valence-corrected chi connectivity index (χ4v) is 2.17. The molecule has 1 amide bonds. The molecular formula is C11H20N2O3. The molecule has 0 aromatic heterocycles. The van der Waals surface area contributed by atoms with Gasteiger partial charge in [0, 0.05) is 19.0 Å². The van der Waals surface area contributed by atoms with Crippen molar-refractivity contribution in [3.8, 4) is 0 Å². The Kier molecular flexibility index (Phi) is 3.19. The minimum Gasteiger partial charge on any atom is -0.367 e. The number of rotatable bonds is 2. The van der Waals surface area contributed by atoms with Gasteiger partial charge in [-0.25, -0.2) is 0 Å². The van der Waals surface area contributed by atoms with Gasteiger partial charge in [-0.2, -0.15) is 0 Å². The fraction of sp³-hybridized carbons (Fsp3) is 0.909. The molecule has 2 aliphatic rings. The first-order chi connectivity index (χ1) is 7.50. The summed E-state index contributed by atoms with van der Waals surface area (Å²) in [5.74, 6) is 0.00403. The van der Waals surface area contributed by atoms with E-state index < -0.39 is 0 Å². The Morgan fingerprint density at radius 3 is 2.88 bits per heavy atom. The van der Waals surface area contributed by atoms with E-state index in [0.29, 0.717) is 26.2 Å². The van der Waals surface area contributed by atoms with Gasteiger partial charge in [0.05, 0.1) is 13.2 Å². The van der Waals surface area contributed by atoms with Gasteiger partial charge in [-0.15, -0.1) is 0 Å². The molecule has 2 aliphatic heterocycles. The highest BCUT2D eigenvalue weighted by molar-refractivity contribution is 5.81. The van der Waals surface area contributed by atoms with Crippen LogP contribution < -0.4 is 5.32 Å². The average molecular weight is 228 g/mol. The molecule has 0 unspecified atom stereocenters. The molecule has 0 bridgehead atoms. The summed E-state index contributed by atoms with van der Waals surface area (Å²) in [6.07, 6.45) is 0.380. The van der Waals surface area contributed by atoms with Crippen LogP contribution in [0.1, 0.15) is 20.3 Å². The molecule has 0 saturated carbocycles. The van der Waals surface area contributed by atoms with Crippen LogP contribution in [0.4, 0.5) is 0 Å². The van der Waals surface area contributed by atoms with Gasteiger partial charge in [0.1, 0.15) is 11.8 Å². The smallest absolute Gasteiger partial charge is 0.249 e. The minimum atomic E-state index is -0.321. The normalized spacial score (nSPS) is 35.1. The number of morpholine rings is 1. The van der Waals surface area contributed by atoms with Crippen molar-refractivity contribution in [3.05, 3.63) is 0 Å². The highest BCUT2D eigenvalue weighted by atomic mass is 16.5. The number of hydrogen-bond acceptors (Lipinski definition) is 4. The lowest BCUT2D eigenvalue weighted by Gasteiger charge is -2.31. The molecule has 2 atom stereocenters. The first-order valence-electron chi connectivity index (χ1n) is 5.77. The van der Waals surface area contributed by atoms with Gasteiger partial charge in [-0.05, 0) is 20.9 Å². The second-order valence-electron chi connectivity index (χ2n) is 4.91. The number of carbonyl (C=O) groups excluding carboxylic acids is 1. The van der Waals surface area contributed by atoms with E-state index in [0.717, 1.165) is 0 Å². The van der Waals surface area contributed by atoms with Crippen molar-refractivity contribution in [3.63, 3.8) is 0 Å². The van der Waals surface area contributed by atoms with Gasteiger partial charge < -0.3 is 14.8 Å². The Hall–Kier alpha value is -0.650. The molecule has 2 saturated heterocycles. The topological polar surface area (TPSA) is 50.8 Å². The lowest BCUT2D eigenvalue weighted by Crippen LogP contribution is -2.48. The maximum atomic E-state index is 11.6. The third-order valence-electron chi connectivity index (χ3n) is 3.52. The van der Waals surface area contributed by atoms with E-state index in [2.05, 4.69) is 10.2 Å². The Balaban J connectivity index is 1.92. The molecule has 0 aromatic carbocycles. The molecule has 0 aromatic rings. The Morgan fingerprint density at radius 1 is 1.56 bits per heavy atom. The Bertz CT molecular complexity index is 280. The molecule has 1 N–H and O–H groups in total. The van der Waals surface area contributed by atoms with Crippen LogP contribution in [-0.4, -0.2) is 55.5 Å². The van der Waals surface area contributed by atoms with Crippen LogP contribution in [0.15, 0.2) is 0 Å². The summed E-state index contributed by atoms with van der Waals surface area (Å²) in [4.78, 5) is 13.7. The summed E-state index contributed by atoms with van der Waals surface area (Å²) in [5, 5.41) is 2.82. The molecule has 2 fully saturated rings. The summed E-state index contributed by atoms with van der Waals surface area (Å²) in [7, 11) is 2.03. The number of nitrogens with zero attached hydrogens (tertiary/aromatic N) is 1. The van der Waals surface area contributed by atoms with Crippen LogP contribution >= 0.6 is 0 Å². The van der Waals surface area contributed by atoms with Crippen molar-refractivity contribution in [2.75, 3.05) is 26.8 Å². The van der Waals surface area contributed by atoms with Crippen molar-refractivity contribution in [2.45, 2.75) is 38.1 Å². The van der Waals surface area contributed by atoms with E-state index in [9.17, 15) is 4.79 Å². The SMILES string of the molecule is CN1[C@@H](C[C@@H]2OCCNC2=O)COC1(C)C. The third kappa shape index (κ3) is 2.21. The maximum Gasteiger partial charge on any atom is 0.249 e. The fourth-order valence-electron chi connectivity index (χ4n) is 2.17. The molecular weight excluding hydrogens is 208 g/mol. The van der Waals surface area contributed by atoms with Gasteiger partial charge in [0.15, 0.2) is 0 Å². The van der Waals surface area contributed by atoms with Crippen molar-refractivity contribution in [1.82, 2.24) is 10.2 Å². The van der Waals surface area contributed by atoms with Gasteiger partial charge >= 0.3 is 0 Å². The molecule has 0 spiro atoms. The number of amides is 1. The predicted molar refractivity (Wildman–Crippen MR) is 58.9 cm³/mol. The summed E-state index contributed by atoms with van der Waals surface area (Å²) in [5.41, 5.74) is -0.240. The zero-order valence-electron chi connectivity index (χ0n) is 10.2. The van der Waals surface area contributed by atoms with E-state index in [1.54, 1.807) is 0 Å². The van der Waals surface area contributed by atoms with Crippen LogP contribution in [0.3, 0.4) is 0 Å². The summed E-state index contributed by atoms with van der Waals surface area (Å²) in [6, 6.07) is 0.254. The number of carbonyl (C=O) groups is 1. The summed E-state index contributed by atoms with van der Waals surface area (Å²) in [6.45, 7) is 5.97.